The number of hydrogen-bond donors (Lipinski definition) is 1. The van der Waals surface area contributed by atoms with Crippen molar-refractivity contribution in [2.75, 3.05) is 0 Å². The minimum absolute atomic E-state index is 0.295. The molecule has 0 saturated heterocycles. The Morgan fingerprint density at radius 2 is 1.55 bits per heavy atom. The van der Waals surface area contributed by atoms with Crippen LogP contribution >= 0.6 is 15.9 Å². The van der Waals surface area contributed by atoms with E-state index in [4.69, 9.17) is 0 Å². The van der Waals surface area contributed by atoms with Gasteiger partial charge in [-0.15, -0.1) is 0 Å². The smallest absolute Gasteiger partial charge is 0.130 e. The van der Waals surface area contributed by atoms with Crippen LogP contribution in [0.3, 0.4) is 0 Å². The summed E-state index contributed by atoms with van der Waals surface area (Å²) in [6, 6.07) is 6.83. The first kappa shape index (κ1) is 15.2. The Morgan fingerprint density at radius 1 is 1.00 bits per heavy atom. The van der Waals surface area contributed by atoms with Gasteiger partial charge in [-0.25, -0.2) is 4.39 Å². The molecule has 1 nitrogen and oxygen atoms in total. The lowest BCUT2D eigenvalue weighted by atomic mass is 9.88. The van der Waals surface area contributed by atoms with E-state index in [1.54, 1.807) is 12.1 Å². The van der Waals surface area contributed by atoms with Gasteiger partial charge in [0.25, 0.3) is 0 Å². The molecule has 0 saturated carbocycles. The van der Waals surface area contributed by atoms with Crippen molar-refractivity contribution in [2.45, 2.75) is 33.8 Å². The van der Waals surface area contributed by atoms with Gasteiger partial charge in [0.05, 0.1) is 0 Å². The Bertz CT molecular complexity index is 618. The van der Waals surface area contributed by atoms with Crippen molar-refractivity contribution in [3.63, 3.8) is 0 Å². The highest BCUT2D eigenvalue weighted by Gasteiger charge is 2.22. The molecule has 0 radical (unpaired) electrons. The van der Waals surface area contributed by atoms with Gasteiger partial charge in [0, 0.05) is 10.0 Å². The summed E-state index contributed by atoms with van der Waals surface area (Å²) >= 11 is 3.33. The largest absolute Gasteiger partial charge is 0.383 e. The maximum atomic E-state index is 14.1. The van der Waals surface area contributed by atoms with E-state index in [1.807, 2.05) is 27.7 Å². The van der Waals surface area contributed by atoms with Crippen molar-refractivity contribution in [1.82, 2.24) is 0 Å². The molecule has 3 heteroatoms. The van der Waals surface area contributed by atoms with Crippen molar-refractivity contribution in [3.05, 3.63) is 67.9 Å². The Balaban J connectivity index is 2.69. The summed E-state index contributed by atoms with van der Waals surface area (Å²) in [5.41, 5.74) is 5.33. The van der Waals surface area contributed by atoms with Crippen LogP contribution in [0.2, 0.25) is 0 Å². The molecular weight excluding hydrogens is 319 g/mol. The molecule has 0 fully saturated rings. The number of aliphatic hydroxyl groups excluding tert-OH is 1. The molecular formula is C17H18BrFO. The van der Waals surface area contributed by atoms with Crippen LogP contribution < -0.4 is 0 Å². The number of rotatable bonds is 2. The fraction of sp³-hybridized carbons (Fsp3) is 0.294. The molecule has 1 unspecified atom stereocenters. The number of aliphatic hydroxyl groups is 1. The zero-order valence-electron chi connectivity index (χ0n) is 12.1. The summed E-state index contributed by atoms with van der Waals surface area (Å²) in [6.45, 7) is 7.95. The Kier molecular flexibility index (Phi) is 4.31. The Hall–Kier alpha value is -1.19. The van der Waals surface area contributed by atoms with Gasteiger partial charge in [0.1, 0.15) is 11.9 Å². The summed E-state index contributed by atoms with van der Waals surface area (Å²) in [4.78, 5) is 0. The summed E-state index contributed by atoms with van der Waals surface area (Å²) < 4.78 is 14.6. The molecule has 20 heavy (non-hydrogen) atoms. The summed E-state index contributed by atoms with van der Waals surface area (Å²) in [5.74, 6) is -0.398. The Labute approximate surface area is 127 Å². The number of aryl methyl sites for hydroxylation is 2. The fourth-order valence-electron chi connectivity index (χ4n) is 2.57. The van der Waals surface area contributed by atoms with Crippen LogP contribution in [0.5, 0.6) is 0 Å². The molecule has 2 rings (SSSR count). The van der Waals surface area contributed by atoms with Gasteiger partial charge < -0.3 is 5.11 Å². The predicted octanol–water partition coefficient (Wildman–Crippen LogP) is 4.90. The average molecular weight is 337 g/mol. The number of halogens is 2. The van der Waals surface area contributed by atoms with Crippen LogP contribution in [0, 0.1) is 33.5 Å². The van der Waals surface area contributed by atoms with Gasteiger partial charge in [0.15, 0.2) is 0 Å². The first-order chi connectivity index (χ1) is 9.34. The van der Waals surface area contributed by atoms with Crippen molar-refractivity contribution < 1.29 is 9.50 Å². The van der Waals surface area contributed by atoms with Gasteiger partial charge in [-0.3, -0.25) is 0 Å². The lowest BCUT2D eigenvalue weighted by molar-refractivity contribution is 0.212. The first-order valence-electron chi connectivity index (χ1n) is 6.53. The fourth-order valence-corrected chi connectivity index (χ4v) is 3.13. The molecule has 0 aliphatic rings. The van der Waals surface area contributed by atoms with E-state index in [0.717, 1.165) is 27.8 Å². The minimum atomic E-state index is -0.968. The Morgan fingerprint density at radius 3 is 2.05 bits per heavy atom. The molecule has 0 bridgehead atoms. The SMILES string of the molecule is Cc1cc(C)c(C)c(C(O)c2c(F)cccc2Br)c1C. The van der Waals surface area contributed by atoms with E-state index >= 15 is 0 Å². The van der Waals surface area contributed by atoms with Gasteiger partial charge >= 0.3 is 0 Å². The molecule has 1 atom stereocenters. The zero-order valence-corrected chi connectivity index (χ0v) is 13.7. The number of benzene rings is 2. The van der Waals surface area contributed by atoms with Crippen molar-refractivity contribution in [1.29, 1.82) is 0 Å². The van der Waals surface area contributed by atoms with E-state index in [9.17, 15) is 9.50 Å². The van der Waals surface area contributed by atoms with E-state index in [2.05, 4.69) is 22.0 Å². The van der Waals surface area contributed by atoms with Gasteiger partial charge in [-0.2, -0.15) is 0 Å². The maximum Gasteiger partial charge on any atom is 0.130 e. The summed E-state index contributed by atoms with van der Waals surface area (Å²) in [6.07, 6.45) is -0.968. The van der Waals surface area contributed by atoms with E-state index in [-0.39, 0.29) is 0 Å². The number of hydrogen-bond acceptors (Lipinski definition) is 1. The second-order valence-corrected chi connectivity index (χ2v) is 6.07. The molecule has 0 heterocycles. The average Bonchev–Trinajstić information content (AvgIpc) is 2.36. The van der Waals surface area contributed by atoms with Crippen molar-refractivity contribution in [2.24, 2.45) is 0 Å². The predicted molar refractivity (Wildman–Crippen MR) is 83.6 cm³/mol. The molecule has 1 N–H and O–H groups in total. The molecule has 0 spiro atoms. The third kappa shape index (κ3) is 2.52. The van der Waals surface area contributed by atoms with E-state index in [0.29, 0.717) is 10.0 Å². The van der Waals surface area contributed by atoms with E-state index < -0.39 is 11.9 Å². The van der Waals surface area contributed by atoms with E-state index in [1.165, 1.54) is 6.07 Å². The van der Waals surface area contributed by atoms with Gasteiger partial charge in [0.2, 0.25) is 0 Å². The molecule has 0 aliphatic carbocycles. The highest BCUT2D eigenvalue weighted by atomic mass is 79.9. The van der Waals surface area contributed by atoms with Crippen LogP contribution in [-0.4, -0.2) is 5.11 Å². The van der Waals surface area contributed by atoms with Gasteiger partial charge in [-0.05, 0) is 67.6 Å². The van der Waals surface area contributed by atoms with Crippen molar-refractivity contribution in [3.8, 4) is 0 Å². The molecule has 0 amide bonds. The molecule has 106 valence electrons. The maximum absolute atomic E-state index is 14.1. The molecule has 2 aromatic rings. The lowest BCUT2D eigenvalue weighted by Crippen LogP contribution is -2.09. The standard InChI is InChI=1S/C17H18BrFO/c1-9-8-10(2)12(4)15(11(9)3)17(20)16-13(18)6-5-7-14(16)19/h5-8,17,20H,1-4H3. The van der Waals surface area contributed by atoms with Crippen LogP contribution in [0.25, 0.3) is 0 Å². The third-order valence-electron chi connectivity index (χ3n) is 3.97. The quantitative estimate of drug-likeness (QED) is 0.826. The lowest BCUT2D eigenvalue weighted by Gasteiger charge is -2.21. The second kappa shape index (κ2) is 5.66. The first-order valence-corrected chi connectivity index (χ1v) is 7.33. The van der Waals surface area contributed by atoms with Gasteiger partial charge in [-0.1, -0.05) is 28.1 Å². The van der Waals surface area contributed by atoms with Crippen LogP contribution in [0.1, 0.15) is 39.5 Å². The minimum Gasteiger partial charge on any atom is -0.383 e. The summed E-state index contributed by atoms with van der Waals surface area (Å²) in [7, 11) is 0. The second-order valence-electron chi connectivity index (χ2n) is 5.21. The van der Waals surface area contributed by atoms with Crippen LogP contribution in [0.15, 0.2) is 28.7 Å². The third-order valence-corrected chi connectivity index (χ3v) is 4.66. The zero-order chi connectivity index (χ0) is 15.0. The monoisotopic (exact) mass is 336 g/mol. The highest BCUT2D eigenvalue weighted by molar-refractivity contribution is 9.10. The summed E-state index contributed by atoms with van der Waals surface area (Å²) in [5, 5.41) is 10.7. The molecule has 2 aromatic carbocycles. The normalized spacial score (nSPS) is 12.6. The van der Waals surface area contributed by atoms with Crippen molar-refractivity contribution >= 4 is 15.9 Å². The highest BCUT2D eigenvalue weighted by Crippen LogP contribution is 2.35. The van der Waals surface area contributed by atoms with Crippen LogP contribution in [-0.2, 0) is 0 Å². The van der Waals surface area contributed by atoms with Crippen LogP contribution in [0.4, 0.5) is 4.39 Å². The molecule has 0 aromatic heterocycles. The molecule has 0 aliphatic heterocycles. The topological polar surface area (TPSA) is 20.2 Å².